The molecule has 0 amide bonds. The van der Waals surface area contributed by atoms with Crippen LogP contribution in [0.2, 0.25) is 0 Å². The van der Waals surface area contributed by atoms with Crippen molar-refractivity contribution in [3.8, 4) is 0 Å². The Kier molecular flexibility index (Phi) is 4.02. The van der Waals surface area contributed by atoms with Crippen molar-refractivity contribution in [2.24, 2.45) is 0 Å². The lowest BCUT2D eigenvalue weighted by atomic mass is 10.2. The van der Waals surface area contributed by atoms with Gasteiger partial charge in [-0.1, -0.05) is 6.92 Å². The molecule has 2 heteroatoms. The summed E-state index contributed by atoms with van der Waals surface area (Å²) in [7, 11) is 0. The lowest BCUT2D eigenvalue weighted by Gasteiger charge is -2.14. The fraction of sp³-hybridized carbons (Fsp3) is 1.00. The Bertz CT molecular complexity index is 125. The van der Waals surface area contributed by atoms with E-state index in [0.29, 0.717) is 12.1 Å². The summed E-state index contributed by atoms with van der Waals surface area (Å²) >= 11 is 0. The molecule has 0 aromatic heterocycles. The highest BCUT2D eigenvalue weighted by Gasteiger charge is 2.22. The van der Waals surface area contributed by atoms with Crippen molar-refractivity contribution in [3.05, 3.63) is 0 Å². The summed E-state index contributed by atoms with van der Waals surface area (Å²) in [6, 6.07) is 1.35. The molecule has 72 valence electrons. The van der Waals surface area contributed by atoms with Crippen LogP contribution >= 0.6 is 0 Å². The molecule has 1 aliphatic heterocycles. The Morgan fingerprint density at radius 3 is 2.50 bits per heavy atom. The molecule has 2 nitrogen and oxygen atoms in total. The SMILES string of the molecule is CCC1CCC(COC(C)C)N1. The maximum absolute atomic E-state index is 5.56. The Hall–Kier alpha value is -0.0800. The van der Waals surface area contributed by atoms with Crippen molar-refractivity contribution in [2.45, 2.75) is 58.2 Å². The van der Waals surface area contributed by atoms with Crippen molar-refractivity contribution < 1.29 is 4.74 Å². The van der Waals surface area contributed by atoms with Gasteiger partial charge in [0.05, 0.1) is 12.7 Å². The van der Waals surface area contributed by atoms with Crippen molar-refractivity contribution in [2.75, 3.05) is 6.61 Å². The summed E-state index contributed by atoms with van der Waals surface area (Å²) in [5, 5.41) is 3.57. The molecule has 0 aliphatic carbocycles. The molecule has 0 aromatic rings. The topological polar surface area (TPSA) is 21.3 Å². The van der Waals surface area contributed by atoms with E-state index in [2.05, 4.69) is 26.1 Å². The largest absolute Gasteiger partial charge is 0.377 e. The van der Waals surface area contributed by atoms with Crippen LogP contribution < -0.4 is 5.32 Å². The first-order valence-electron chi connectivity index (χ1n) is 5.10. The number of ether oxygens (including phenoxy) is 1. The monoisotopic (exact) mass is 171 g/mol. The minimum Gasteiger partial charge on any atom is -0.377 e. The zero-order valence-electron chi connectivity index (χ0n) is 8.47. The van der Waals surface area contributed by atoms with Gasteiger partial charge in [-0.2, -0.15) is 0 Å². The molecular weight excluding hydrogens is 150 g/mol. The van der Waals surface area contributed by atoms with Crippen molar-refractivity contribution >= 4 is 0 Å². The average molecular weight is 171 g/mol. The van der Waals surface area contributed by atoms with E-state index in [1.807, 2.05) is 0 Å². The quantitative estimate of drug-likeness (QED) is 0.698. The third-order valence-corrected chi connectivity index (χ3v) is 2.46. The van der Waals surface area contributed by atoms with Gasteiger partial charge in [0.2, 0.25) is 0 Å². The third kappa shape index (κ3) is 3.11. The van der Waals surface area contributed by atoms with E-state index in [9.17, 15) is 0 Å². The lowest BCUT2D eigenvalue weighted by Crippen LogP contribution is -2.33. The zero-order chi connectivity index (χ0) is 8.97. The Balaban J connectivity index is 2.11. The highest BCUT2D eigenvalue weighted by molar-refractivity contribution is 4.82. The third-order valence-electron chi connectivity index (χ3n) is 2.46. The summed E-state index contributed by atoms with van der Waals surface area (Å²) < 4.78 is 5.56. The van der Waals surface area contributed by atoms with E-state index in [0.717, 1.165) is 12.6 Å². The van der Waals surface area contributed by atoms with Crippen LogP contribution in [0.15, 0.2) is 0 Å². The molecule has 1 heterocycles. The lowest BCUT2D eigenvalue weighted by molar-refractivity contribution is 0.0640. The van der Waals surface area contributed by atoms with Crippen LogP contribution in [0.5, 0.6) is 0 Å². The van der Waals surface area contributed by atoms with Crippen molar-refractivity contribution in [3.63, 3.8) is 0 Å². The number of hydrogen-bond donors (Lipinski definition) is 1. The minimum atomic E-state index is 0.368. The van der Waals surface area contributed by atoms with E-state index < -0.39 is 0 Å². The van der Waals surface area contributed by atoms with Crippen molar-refractivity contribution in [1.82, 2.24) is 5.32 Å². The summed E-state index contributed by atoms with van der Waals surface area (Å²) in [6.45, 7) is 7.30. The summed E-state index contributed by atoms with van der Waals surface area (Å²) in [5.74, 6) is 0. The van der Waals surface area contributed by atoms with E-state index in [4.69, 9.17) is 4.74 Å². The molecule has 0 bridgehead atoms. The van der Waals surface area contributed by atoms with E-state index in [1.54, 1.807) is 0 Å². The van der Waals surface area contributed by atoms with Gasteiger partial charge in [0, 0.05) is 12.1 Å². The first kappa shape index (κ1) is 10.0. The smallest absolute Gasteiger partial charge is 0.0623 e. The fourth-order valence-corrected chi connectivity index (χ4v) is 1.66. The Morgan fingerprint density at radius 1 is 1.33 bits per heavy atom. The Morgan fingerprint density at radius 2 is 2.00 bits per heavy atom. The first-order valence-corrected chi connectivity index (χ1v) is 5.10. The van der Waals surface area contributed by atoms with Crippen molar-refractivity contribution in [1.29, 1.82) is 0 Å². The van der Waals surface area contributed by atoms with Gasteiger partial charge in [0.1, 0.15) is 0 Å². The second kappa shape index (κ2) is 4.83. The Labute approximate surface area is 75.7 Å². The first-order chi connectivity index (χ1) is 5.72. The maximum Gasteiger partial charge on any atom is 0.0623 e. The molecule has 1 N–H and O–H groups in total. The summed E-state index contributed by atoms with van der Waals surface area (Å²) in [4.78, 5) is 0. The van der Waals surface area contributed by atoms with Gasteiger partial charge in [0.15, 0.2) is 0 Å². The molecule has 1 saturated heterocycles. The molecule has 1 fully saturated rings. The summed E-state index contributed by atoms with van der Waals surface area (Å²) in [6.07, 6.45) is 4.22. The maximum atomic E-state index is 5.56. The standard InChI is InChI=1S/C10H21NO/c1-4-9-5-6-10(11-9)7-12-8(2)3/h8-11H,4-7H2,1-3H3. The molecule has 0 radical (unpaired) electrons. The van der Waals surface area contributed by atoms with Crippen LogP contribution in [-0.4, -0.2) is 24.8 Å². The molecule has 2 atom stereocenters. The van der Waals surface area contributed by atoms with Crippen LogP contribution in [-0.2, 0) is 4.74 Å². The fourth-order valence-electron chi connectivity index (χ4n) is 1.66. The molecule has 0 aromatic carbocycles. The van der Waals surface area contributed by atoms with Gasteiger partial charge in [-0.25, -0.2) is 0 Å². The number of nitrogens with one attached hydrogen (secondary N) is 1. The van der Waals surface area contributed by atoms with Gasteiger partial charge in [-0.3, -0.25) is 0 Å². The predicted octanol–water partition coefficient (Wildman–Crippen LogP) is 1.94. The number of hydrogen-bond acceptors (Lipinski definition) is 2. The highest BCUT2D eigenvalue weighted by atomic mass is 16.5. The van der Waals surface area contributed by atoms with E-state index in [-0.39, 0.29) is 0 Å². The van der Waals surface area contributed by atoms with E-state index in [1.165, 1.54) is 19.3 Å². The normalized spacial score (nSPS) is 30.0. The molecule has 0 saturated carbocycles. The molecule has 1 rings (SSSR count). The second-order valence-corrected chi connectivity index (χ2v) is 3.93. The molecule has 0 spiro atoms. The molecular formula is C10H21NO. The minimum absolute atomic E-state index is 0.368. The van der Waals surface area contributed by atoms with Crippen LogP contribution in [0.25, 0.3) is 0 Å². The summed E-state index contributed by atoms with van der Waals surface area (Å²) in [5.41, 5.74) is 0. The average Bonchev–Trinajstić information content (AvgIpc) is 2.48. The molecule has 12 heavy (non-hydrogen) atoms. The van der Waals surface area contributed by atoms with E-state index >= 15 is 0 Å². The van der Waals surface area contributed by atoms with Gasteiger partial charge < -0.3 is 10.1 Å². The van der Waals surface area contributed by atoms with Gasteiger partial charge >= 0.3 is 0 Å². The van der Waals surface area contributed by atoms with Crippen LogP contribution in [0.4, 0.5) is 0 Å². The van der Waals surface area contributed by atoms with Gasteiger partial charge in [0.25, 0.3) is 0 Å². The highest BCUT2D eigenvalue weighted by Crippen LogP contribution is 2.15. The zero-order valence-corrected chi connectivity index (χ0v) is 8.47. The predicted molar refractivity (Wildman–Crippen MR) is 51.3 cm³/mol. The van der Waals surface area contributed by atoms with Crippen LogP contribution in [0.1, 0.15) is 40.0 Å². The van der Waals surface area contributed by atoms with Gasteiger partial charge in [-0.05, 0) is 33.1 Å². The molecule has 1 aliphatic rings. The number of rotatable bonds is 4. The van der Waals surface area contributed by atoms with Gasteiger partial charge in [-0.15, -0.1) is 0 Å². The molecule has 2 unspecified atom stereocenters. The second-order valence-electron chi connectivity index (χ2n) is 3.93. The van der Waals surface area contributed by atoms with Crippen LogP contribution in [0, 0.1) is 0 Å². The van der Waals surface area contributed by atoms with Crippen LogP contribution in [0.3, 0.4) is 0 Å².